The van der Waals surface area contributed by atoms with Gasteiger partial charge in [0.1, 0.15) is 6.10 Å². The Labute approximate surface area is 101 Å². The zero-order chi connectivity index (χ0) is 14.6. The summed E-state index contributed by atoms with van der Waals surface area (Å²) in [6, 6.07) is 0. The largest absolute Gasteiger partial charge is 0.481 e. The van der Waals surface area contributed by atoms with Gasteiger partial charge in [-0.2, -0.15) is 12.6 Å². The number of aliphatic hydroxyl groups excluding tert-OH is 1. The molecule has 0 aromatic carbocycles. The van der Waals surface area contributed by atoms with Crippen LogP contribution in [0.25, 0.3) is 0 Å². The second-order valence-corrected chi connectivity index (χ2v) is 2.49. The number of carboxylic acids is 4. The van der Waals surface area contributed by atoms with Crippen LogP contribution in [-0.2, 0) is 19.2 Å². The van der Waals surface area contributed by atoms with Crippen LogP contribution in [0, 0.1) is 0 Å². The molecule has 1 atom stereocenters. The fourth-order valence-electron chi connectivity index (χ4n) is 0. The van der Waals surface area contributed by atoms with Gasteiger partial charge in [0.25, 0.3) is 0 Å². The van der Waals surface area contributed by atoms with Gasteiger partial charge < -0.3 is 25.5 Å². The van der Waals surface area contributed by atoms with Crippen molar-refractivity contribution in [3.05, 3.63) is 0 Å². The van der Waals surface area contributed by atoms with E-state index in [2.05, 4.69) is 12.6 Å². The summed E-state index contributed by atoms with van der Waals surface area (Å²) in [7, 11) is 0. The van der Waals surface area contributed by atoms with Crippen LogP contribution < -0.4 is 0 Å². The molecule has 0 aromatic rings. The highest BCUT2D eigenvalue weighted by Crippen LogP contribution is 1.73. The summed E-state index contributed by atoms with van der Waals surface area (Å²) in [6.07, 6.45) is -1.23. The molecule has 0 saturated heterocycles. The van der Waals surface area contributed by atoms with Gasteiger partial charge >= 0.3 is 23.9 Å². The van der Waals surface area contributed by atoms with Crippen LogP contribution >= 0.6 is 12.6 Å². The summed E-state index contributed by atoms with van der Waals surface area (Å²) < 4.78 is 0. The lowest BCUT2D eigenvalue weighted by Crippen LogP contribution is -2.13. The monoisotopic (exact) mass is 272 g/mol. The van der Waals surface area contributed by atoms with E-state index >= 15 is 0 Å². The fourth-order valence-corrected chi connectivity index (χ4v) is 0. The molecule has 0 fully saturated rings. The van der Waals surface area contributed by atoms with E-state index in [1.807, 2.05) is 0 Å². The van der Waals surface area contributed by atoms with Crippen molar-refractivity contribution in [3.8, 4) is 0 Å². The smallest absolute Gasteiger partial charge is 0.414 e. The summed E-state index contributed by atoms with van der Waals surface area (Å²) in [5, 5.41) is 38.2. The lowest BCUT2D eigenvalue weighted by molar-refractivity contribution is -0.159. The van der Waals surface area contributed by atoms with Gasteiger partial charge in [-0.3, -0.25) is 4.79 Å². The lowest BCUT2D eigenvalue weighted by atomic mass is 10.4. The minimum absolute atomic E-state index is 0.0833. The molecule has 17 heavy (non-hydrogen) atoms. The van der Waals surface area contributed by atoms with E-state index in [0.29, 0.717) is 0 Å². The van der Waals surface area contributed by atoms with Crippen molar-refractivity contribution in [1.82, 2.24) is 0 Å². The predicted molar refractivity (Wildman–Crippen MR) is 56.1 cm³/mol. The van der Waals surface area contributed by atoms with Crippen LogP contribution in [0.3, 0.4) is 0 Å². The van der Waals surface area contributed by atoms with E-state index in [4.69, 9.17) is 35.1 Å². The highest BCUT2D eigenvalue weighted by molar-refractivity contribution is 7.81. The zero-order valence-electron chi connectivity index (χ0n) is 8.60. The summed E-state index contributed by atoms with van der Waals surface area (Å²) in [5.41, 5.74) is 0. The topological polar surface area (TPSA) is 169 Å². The predicted octanol–water partition coefficient (Wildman–Crippen LogP) is -1.39. The standard InChI is InChI=1S/C3H6O3.C2H2O4.C2H4O2S/c1-2(4)3(5)6;3-1(4)2(5)6;3-2(4)1-5/h2,4H,1H3,(H,5,6);(H,3,4)(H,5,6);5H,1H2,(H,3,4). The summed E-state index contributed by atoms with van der Waals surface area (Å²) in [5.74, 6) is -5.80. The first-order valence-corrected chi connectivity index (χ1v) is 4.39. The molecular weight excluding hydrogens is 260 g/mol. The molecule has 0 bridgehead atoms. The zero-order valence-corrected chi connectivity index (χ0v) is 9.50. The minimum atomic E-state index is -1.82. The Morgan fingerprint density at radius 2 is 1.18 bits per heavy atom. The average Bonchev–Trinajstić information content (AvgIpc) is 2.19. The van der Waals surface area contributed by atoms with Gasteiger partial charge in [0, 0.05) is 0 Å². The Balaban J connectivity index is -0.000000174. The number of hydrogen-bond acceptors (Lipinski definition) is 6. The van der Waals surface area contributed by atoms with Gasteiger partial charge in [-0.15, -0.1) is 0 Å². The molecule has 0 heterocycles. The van der Waals surface area contributed by atoms with Gasteiger partial charge in [-0.05, 0) is 6.92 Å². The van der Waals surface area contributed by atoms with Gasteiger partial charge in [-0.1, -0.05) is 0 Å². The summed E-state index contributed by atoms with van der Waals surface area (Å²) in [6.45, 7) is 1.20. The van der Waals surface area contributed by atoms with Crippen molar-refractivity contribution in [2.45, 2.75) is 13.0 Å². The highest BCUT2D eigenvalue weighted by atomic mass is 32.1. The van der Waals surface area contributed by atoms with Gasteiger partial charge in [0.05, 0.1) is 5.75 Å². The van der Waals surface area contributed by atoms with Crippen LogP contribution in [0.2, 0.25) is 0 Å². The Morgan fingerprint density at radius 3 is 1.18 bits per heavy atom. The Morgan fingerprint density at radius 1 is 1.00 bits per heavy atom. The summed E-state index contributed by atoms with van der Waals surface area (Å²) >= 11 is 3.42. The van der Waals surface area contributed by atoms with Gasteiger partial charge in [-0.25, -0.2) is 14.4 Å². The number of rotatable bonds is 2. The highest BCUT2D eigenvalue weighted by Gasteiger charge is 2.04. The maximum Gasteiger partial charge on any atom is 0.414 e. The van der Waals surface area contributed by atoms with Crippen molar-refractivity contribution in [3.63, 3.8) is 0 Å². The van der Waals surface area contributed by atoms with Crippen molar-refractivity contribution in [1.29, 1.82) is 0 Å². The van der Waals surface area contributed by atoms with Gasteiger partial charge in [0.2, 0.25) is 0 Å². The first kappa shape index (κ1) is 20.6. The number of carbonyl (C=O) groups is 4. The Hall–Kier alpha value is -1.81. The lowest BCUT2D eigenvalue weighted by Gasteiger charge is -1.89. The van der Waals surface area contributed by atoms with Crippen molar-refractivity contribution in [2.75, 3.05) is 5.75 Å². The molecule has 9 nitrogen and oxygen atoms in total. The Kier molecular flexibility index (Phi) is 14.8. The van der Waals surface area contributed by atoms with Gasteiger partial charge in [0.15, 0.2) is 0 Å². The third-order valence-corrected chi connectivity index (χ3v) is 0.946. The van der Waals surface area contributed by atoms with Crippen LogP contribution in [0.1, 0.15) is 6.92 Å². The second-order valence-electron chi connectivity index (χ2n) is 2.18. The number of hydrogen-bond donors (Lipinski definition) is 6. The molecular formula is C7H12O9S. The number of aliphatic carboxylic acids is 4. The van der Waals surface area contributed by atoms with Crippen LogP contribution in [-0.4, -0.2) is 61.3 Å². The molecule has 0 rings (SSSR count). The molecule has 10 heteroatoms. The van der Waals surface area contributed by atoms with Crippen LogP contribution in [0.4, 0.5) is 0 Å². The van der Waals surface area contributed by atoms with E-state index in [1.165, 1.54) is 6.92 Å². The molecule has 0 aliphatic rings. The fraction of sp³-hybridized carbons (Fsp3) is 0.429. The quantitative estimate of drug-likeness (QED) is 0.261. The van der Waals surface area contributed by atoms with Crippen molar-refractivity contribution in [2.24, 2.45) is 0 Å². The molecule has 0 aliphatic carbocycles. The first-order chi connectivity index (χ1) is 7.56. The second kappa shape index (κ2) is 12.3. The molecule has 0 aliphatic heterocycles. The van der Waals surface area contributed by atoms with Crippen LogP contribution in [0.5, 0.6) is 0 Å². The van der Waals surface area contributed by atoms with E-state index in [-0.39, 0.29) is 5.75 Å². The number of carboxylic acid groups (broad SMARTS) is 4. The third kappa shape index (κ3) is 31.4. The van der Waals surface area contributed by atoms with Crippen molar-refractivity contribution < 1.29 is 44.7 Å². The molecule has 1 unspecified atom stereocenters. The number of thiol groups is 1. The number of aliphatic hydroxyl groups is 1. The van der Waals surface area contributed by atoms with E-state index in [1.54, 1.807) is 0 Å². The maximum absolute atomic E-state index is 9.45. The van der Waals surface area contributed by atoms with Crippen LogP contribution in [0.15, 0.2) is 0 Å². The SMILES string of the molecule is CC(O)C(=O)O.O=C(O)C(=O)O.O=C(O)CS. The average molecular weight is 272 g/mol. The summed E-state index contributed by atoms with van der Waals surface area (Å²) in [4.78, 5) is 36.9. The Bertz CT molecular complexity index is 261. The third-order valence-electron chi connectivity index (χ3n) is 0.676. The molecule has 0 amide bonds. The molecule has 0 saturated carbocycles. The van der Waals surface area contributed by atoms with Crippen molar-refractivity contribution >= 4 is 36.5 Å². The minimum Gasteiger partial charge on any atom is -0.481 e. The molecule has 100 valence electrons. The van der Waals surface area contributed by atoms with E-state index in [0.717, 1.165) is 0 Å². The molecule has 0 aromatic heterocycles. The molecule has 5 N–H and O–H groups in total. The van der Waals surface area contributed by atoms with E-state index in [9.17, 15) is 9.59 Å². The normalized spacial score (nSPS) is 9.59. The molecule has 0 spiro atoms. The van der Waals surface area contributed by atoms with E-state index < -0.39 is 30.0 Å². The molecule has 0 radical (unpaired) electrons. The first-order valence-electron chi connectivity index (χ1n) is 3.75. The maximum atomic E-state index is 9.45.